The van der Waals surface area contributed by atoms with E-state index in [0.717, 1.165) is 24.2 Å². The van der Waals surface area contributed by atoms with Crippen LogP contribution in [-0.4, -0.2) is 46.7 Å². The molecule has 0 aliphatic carbocycles. The average molecular weight is 419 g/mol. The fourth-order valence-electron chi connectivity index (χ4n) is 3.02. The van der Waals surface area contributed by atoms with Gasteiger partial charge in [0.15, 0.2) is 0 Å². The van der Waals surface area contributed by atoms with Crippen LogP contribution in [0.15, 0.2) is 53.4 Å². The Bertz CT molecular complexity index is 922. The number of hydrogen-bond donors (Lipinski definition) is 2. The first-order valence-electron chi connectivity index (χ1n) is 9.63. The maximum atomic E-state index is 12.4. The van der Waals surface area contributed by atoms with Gasteiger partial charge in [0.2, 0.25) is 10.0 Å². The first-order valence-corrected chi connectivity index (χ1v) is 11.1. The molecule has 1 unspecified atom stereocenters. The van der Waals surface area contributed by atoms with Crippen LogP contribution in [0, 0.1) is 6.92 Å². The Balaban J connectivity index is 1.46. The van der Waals surface area contributed by atoms with Crippen molar-refractivity contribution in [2.75, 3.05) is 26.3 Å². The highest BCUT2D eigenvalue weighted by Crippen LogP contribution is 2.14. The molecule has 7 nitrogen and oxygen atoms in total. The fourth-order valence-corrected chi connectivity index (χ4v) is 4.08. The average Bonchev–Trinajstić information content (AvgIpc) is 3.24. The summed E-state index contributed by atoms with van der Waals surface area (Å²) in [7, 11) is -3.63. The summed E-state index contributed by atoms with van der Waals surface area (Å²) in [6.07, 6.45) is 1.73. The van der Waals surface area contributed by atoms with Crippen molar-refractivity contribution in [3.8, 4) is 5.75 Å². The quantitative estimate of drug-likeness (QED) is 0.610. The lowest BCUT2D eigenvalue weighted by atomic mass is 10.2. The molecule has 0 saturated carbocycles. The number of rotatable bonds is 9. The van der Waals surface area contributed by atoms with Crippen LogP contribution in [0.25, 0.3) is 0 Å². The summed E-state index contributed by atoms with van der Waals surface area (Å²) in [6, 6.07) is 13.5. The molecule has 1 aliphatic heterocycles. The molecule has 29 heavy (non-hydrogen) atoms. The van der Waals surface area contributed by atoms with E-state index in [1.165, 1.54) is 24.3 Å². The van der Waals surface area contributed by atoms with Crippen LogP contribution < -0.4 is 14.8 Å². The molecule has 1 heterocycles. The van der Waals surface area contributed by atoms with Crippen molar-refractivity contribution in [2.45, 2.75) is 30.8 Å². The summed E-state index contributed by atoms with van der Waals surface area (Å²) in [5.74, 6) is 0.471. The Kier molecular flexibility index (Phi) is 7.24. The van der Waals surface area contributed by atoms with Gasteiger partial charge < -0.3 is 14.8 Å². The lowest BCUT2D eigenvalue weighted by Crippen LogP contribution is -2.32. The van der Waals surface area contributed by atoms with Crippen molar-refractivity contribution >= 4 is 15.9 Å². The minimum Gasteiger partial charge on any atom is -0.492 e. The van der Waals surface area contributed by atoms with Gasteiger partial charge in [-0.25, -0.2) is 13.1 Å². The predicted octanol–water partition coefficient (Wildman–Crippen LogP) is 2.26. The van der Waals surface area contributed by atoms with E-state index in [2.05, 4.69) is 10.0 Å². The molecular formula is C21H26N2O5S. The molecule has 1 fully saturated rings. The molecule has 1 atom stereocenters. The van der Waals surface area contributed by atoms with E-state index >= 15 is 0 Å². The molecule has 1 aliphatic rings. The molecule has 2 N–H and O–H groups in total. The van der Waals surface area contributed by atoms with Gasteiger partial charge in [-0.3, -0.25) is 4.79 Å². The van der Waals surface area contributed by atoms with Gasteiger partial charge in [0.05, 0.1) is 17.5 Å². The number of ether oxygens (including phenoxy) is 2. The van der Waals surface area contributed by atoms with E-state index in [0.29, 0.717) is 25.3 Å². The fraction of sp³-hybridized carbons (Fsp3) is 0.381. The van der Waals surface area contributed by atoms with E-state index in [1.807, 2.05) is 31.2 Å². The minimum absolute atomic E-state index is 0.0724. The Morgan fingerprint density at radius 1 is 1.21 bits per heavy atom. The Morgan fingerprint density at radius 3 is 2.69 bits per heavy atom. The Labute approximate surface area is 171 Å². The molecule has 0 aromatic heterocycles. The maximum Gasteiger partial charge on any atom is 0.251 e. The third-order valence-corrected chi connectivity index (χ3v) is 6.04. The topological polar surface area (TPSA) is 93.7 Å². The molecule has 0 spiro atoms. The van der Waals surface area contributed by atoms with Crippen molar-refractivity contribution in [2.24, 2.45) is 0 Å². The van der Waals surface area contributed by atoms with Crippen molar-refractivity contribution < 1.29 is 22.7 Å². The number of hydrogen-bond acceptors (Lipinski definition) is 5. The number of amides is 1. The van der Waals surface area contributed by atoms with Gasteiger partial charge in [0, 0.05) is 18.7 Å². The van der Waals surface area contributed by atoms with Crippen LogP contribution in [0.5, 0.6) is 5.75 Å². The zero-order valence-electron chi connectivity index (χ0n) is 16.4. The highest BCUT2D eigenvalue weighted by atomic mass is 32.2. The monoisotopic (exact) mass is 418 g/mol. The van der Waals surface area contributed by atoms with Gasteiger partial charge in [0.25, 0.3) is 5.91 Å². The van der Waals surface area contributed by atoms with Gasteiger partial charge in [0.1, 0.15) is 12.4 Å². The van der Waals surface area contributed by atoms with Crippen LogP contribution in [0.3, 0.4) is 0 Å². The lowest BCUT2D eigenvalue weighted by Gasteiger charge is -2.12. The first kappa shape index (κ1) is 21.3. The molecule has 2 aromatic carbocycles. The zero-order valence-corrected chi connectivity index (χ0v) is 17.2. The Hall–Kier alpha value is -2.42. The van der Waals surface area contributed by atoms with E-state index in [4.69, 9.17) is 9.47 Å². The molecule has 1 amide bonds. The van der Waals surface area contributed by atoms with Crippen molar-refractivity contribution in [3.05, 3.63) is 59.7 Å². The SMILES string of the molecule is Cc1cccc(OCCNC(=O)c2ccc(S(=O)(=O)NCC3CCCO3)cc2)c1. The standard InChI is InChI=1S/C21H26N2O5S/c1-16-4-2-5-18(14-16)28-13-11-22-21(24)17-7-9-20(10-8-17)29(25,26)23-15-19-6-3-12-27-19/h2,4-5,7-10,14,19,23H,3,6,11-13,15H2,1H3,(H,22,24). The van der Waals surface area contributed by atoms with Crippen LogP contribution in [-0.2, 0) is 14.8 Å². The summed E-state index contributed by atoms with van der Waals surface area (Å²) < 4.78 is 38.3. The normalized spacial score (nSPS) is 16.5. The van der Waals surface area contributed by atoms with Crippen LogP contribution in [0.2, 0.25) is 0 Å². The van der Waals surface area contributed by atoms with E-state index in [9.17, 15) is 13.2 Å². The molecule has 1 saturated heterocycles. The first-order chi connectivity index (χ1) is 13.9. The second-order valence-electron chi connectivity index (χ2n) is 6.93. The van der Waals surface area contributed by atoms with Crippen LogP contribution in [0.4, 0.5) is 0 Å². The molecule has 156 valence electrons. The summed E-state index contributed by atoms with van der Waals surface area (Å²) in [4.78, 5) is 12.3. The summed E-state index contributed by atoms with van der Waals surface area (Å²) in [5.41, 5.74) is 1.49. The van der Waals surface area contributed by atoms with Crippen LogP contribution >= 0.6 is 0 Å². The molecule has 3 rings (SSSR count). The largest absolute Gasteiger partial charge is 0.492 e. The van der Waals surface area contributed by atoms with Crippen LogP contribution in [0.1, 0.15) is 28.8 Å². The number of sulfonamides is 1. The number of carbonyl (C=O) groups excluding carboxylic acids is 1. The van der Waals surface area contributed by atoms with Crippen molar-refractivity contribution in [1.82, 2.24) is 10.0 Å². The zero-order chi connectivity index (χ0) is 20.7. The van der Waals surface area contributed by atoms with E-state index in [1.54, 1.807) is 0 Å². The second kappa shape index (κ2) is 9.87. The number of benzene rings is 2. The van der Waals surface area contributed by atoms with Crippen molar-refractivity contribution in [1.29, 1.82) is 0 Å². The summed E-state index contributed by atoms with van der Waals surface area (Å²) >= 11 is 0. The van der Waals surface area contributed by atoms with Gasteiger partial charge in [-0.15, -0.1) is 0 Å². The predicted molar refractivity (Wildman–Crippen MR) is 110 cm³/mol. The Morgan fingerprint density at radius 2 is 2.00 bits per heavy atom. The van der Waals surface area contributed by atoms with Gasteiger partial charge >= 0.3 is 0 Å². The molecule has 2 aromatic rings. The molecular weight excluding hydrogens is 392 g/mol. The van der Waals surface area contributed by atoms with Gasteiger partial charge in [-0.2, -0.15) is 0 Å². The highest BCUT2D eigenvalue weighted by molar-refractivity contribution is 7.89. The third kappa shape index (κ3) is 6.28. The summed E-state index contributed by atoms with van der Waals surface area (Å²) in [5, 5.41) is 2.76. The number of aryl methyl sites for hydroxylation is 1. The molecule has 0 radical (unpaired) electrons. The highest BCUT2D eigenvalue weighted by Gasteiger charge is 2.20. The minimum atomic E-state index is -3.63. The molecule has 0 bridgehead atoms. The van der Waals surface area contributed by atoms with Gasteiger partial charge in [-0.05, 0) is 61.7 Å². The summed E-state index contributed by atoms with van der Waals surface area (Å²) in [6.45, 7) is 3.60. The van der Waals surface area contributed by atoms with E-state index < -0.39 is 10.0 Å². The second-order valence-corrected chi connectivity index (χ2v) is 8.70. The smallest absolute Gasteiger partial charge is 0.251 e. The molecule has 8 heteroatoms. The van der Waals surface area contributed by atoms with Gasteiger partial charge in [-0.1, -0.05) is 12.1 Å². The van der Waals surface area contributed by atoms with E-state index in [-0.39, 0.29) is 23.5 Å². The maximum absolute atomic E-state index is 12.4. The third-order valence-electron chi connectivity index (χ3n) is 4.60. The van der Waals surface area contributed by atoms with Crippen molar-refractivity contribution in [3.63, 3.8) is 0 Å². The number of carbonyl (C=O) groups is 1. The lowest BCUT2D eigenvalue weighted by molar-refractivity contribution is 0.0947. The number of nitrogens with one attached hydrogen (secondary N) is 2.